The summed E-state index contributed by atoms with van der Waals surface area (Å²) in [6.45, 7) is 5.82. The zero-order chi connectivity index (χ0) is 12.6. The van der Waals surface area contributed by atoms with Crippen LogP contribution in [0.2, 0.25) is 0 Å². The molecule has 2 aliphatic heterocycles. The number of hydrogen-bond acceptors (Lipinski definition) is 4. The van der Waals surface area contributed by atoms with E-state index in [1.165, 1.54) is 6.26 Å². The molecule has 0 aromatic rings. The minimum atomic E-state index is -3.10. The predicted molar refractivity (Wildman–Crippen MR) is 66.4 cm³/mol. The minimum absolute atomic E-state index is 0.0684. The third-order valence-electron chi connectivity index (χ3n) is 3.55. The standard InChI is InChI=1S/C11H22N2O3S/c1-8(2)13-10-4-9(12-17(3,14)15)5-11(13)7-16-6-10/h8-12H,4-7H2,1-3H3/t9?,10-,11+. The first-order valence-corrected chi connectivity index (χ1v) is 8.08. The van der Waals surface area contributed by atoms with Crippen LogP contribution < -0.4 is 4.72 Å². The Morgan fingerprint density at radius 3 is 2.18 bits per heavy atom. The SMILES string of the molecule is CC(C)N1[C@@H]2COC[C@H]1CC(NS(C)(=O)=O)C2. The molecule has 3 atom stereocenters. The highest BCUT2D eigenvalue weighted by molar-refractivity contribution is 7.88. The molecule has 5 nitrogen and oxygen atoms in total. The molecule has 0 aromatic carbocycles. The van der Waals surface area contributed by atoms with E-state index in [0.717, 1.165) is 26.1 Å². The highest BCUT2D eigenvalue weighted by Crippen LogP contribution is 2.29. The van der Waals surface area contributed by atoms with Gasteiger partial charge in [-0.3, -0.25) is 4.90 Å². The molecule has 0 aliphatic carbocycles. The maximum absolute atomic E-state index is 11.3. The van der Waals surface area contributed by atoms with Gasteiger partial charge >= 0.3 is 0 Å². The quantitative estimate of drug-likeness (QED) is 0.788. The Hall–Kier alpha value is -0.170. The first-order chi connectivity index (χ1) is 7.87. The average Bonchev–Trinajstić information content (AvgIpc) is 2.12. The van der Waals surface area contributed by atoms with Crippen molar-refractivity contribution < 1.29 is 13.2 Å². The predicted octanol–water partition coefficient (Wildman–Crippen LogP) is 0.176. The van der Waals surface area contributed by atoms with E-state index in [-0.39, 0.29) is 6.04 Å². The van der Waals surface area contributed by atoms with Gasteiger partial charge in [-0.25, -0.2) is 13.1 Å². The van der Waals surface area contributed by atoms with Crippen LogP contribution in [-0.2, 0) is 14.8 Å². The summed E-state index contributed by atoms with van der Waals surface area (Å²) in [5.41, 5.74) is 0. The smallest absolute Gasteiger partial charge is 0.208 e. The van der Waals surface area contributed by atoms with Crippen molar-refractivity contribution in [1.29, 1.82) is 0 Å². The van der Waals surface area contributed by atoms with Gasteiger partial charge in [-0.15, -0.1) is 0 Å². The van der Waals surface area contributed by atoms with Gasteiger partial charge in [-0.05, 0) is 26.7 Å². The Morgan fingerprint density at radius 2 is 1.76 bits per heavy atom. The van der Waals surface area contributed by atoms with Crippen LogP contribution in [0.1, 0.15) is 26.7 Å². The van der Waals surface area contributed by atoms with E-state index in [0.29, 0.717) is 18.1 Å². The second kappa shape index (κ2) is 4.84. The molecular weight excluding hydrogens is 240 g/mol. The number of morpholine rings is 1. The van der Waals surface area contributed by atoms with Crippen LogP contribution in [0.5, 0.6) is 0 Å². The van der Waals surface area contributed by atoms with Gasteiger partial charge in [-0.2, -0.15) is 0 Å². The lowest BCUT2D eigenvalue weighted by molar-refractivity contribution is -0.0927. The highest BCUT2D eigenvalue weighted by Gasteiger charge is 2.40. The summed E-state index contributed by atoms with van der Waals surface area (Å²) in [4.78, 5) is 2.48. The van der Waals surface area contributed by atoms with E-state index in [2.05, 4.69) is 23.5 Å². The molecule has 0 aromatic heterocycles. The summed E-state index contributed by atoms with van der Waals surface area (Å²) in [7, 11) is -3.10. The first kappa shape index (κ1) is 13.3. The van der Waals surface area contributed by atoms with Crippen LogP contribution in [0.15, 0.2) is 0 Å². The Kier molecular flexibility index (Phi) is 3.77. The van der Waals surface area contributed by atoms with Gasteiger partial charge in [0, 0.05) is 24.2 Å². The van der Waals surface area contributed by atoms with E-state index in [4.69, 9.17) is 4.74 Å². The second-order valence-electron chi connectivity index (χ2n) is 5.44. The summed E-state index contributed by atoms with van der Waals surface area (Å²) in [5.74, 6) is 0. The normalized spacial score (nSPS) is 35.2. The van der Waals surface area contributed by atoms with Gasteiger partial charge in [0.05, 0.1) is 19.5 Å². The van der Waals surface area contributed by atoms with Crippen molar-refractivity contribution in [2.75, 3.05) is 19.5 Å². The third kappa shape index (κ3) is 3.19. The van der Waals surface area contributed by atoms with E-state index in [1.807, 2.05) is 0 Å². The number of nitrogens with one attached hydrogen (secondary N) is 1. The topological polar surface area (TPSA) is 58.6 Å². The lowest BCUT2D eigenvalue weighted by atomic mass is 9.89. The highest BCUT2D eigenvalue weighted by atomic mass is 32.2. The number of nitrogens with zero attached hydrogens (tertiary/aromatic N) is 1. The molecular formula is C11H22N2O3S. The first-order valence-electron chi connectivity index (χ1n) is 6.19. The molecule has 0 saturated carbocycles. The van der Waals surface area contributed by atoms with Crippen molar-refractivity contribution in [2.24, 2.45) is 0 Å². The maximum atomic E-state index is 11.3. The second-order valence-corrected chi connectivity index (χ2v) is 7.22. The van der Waals surface area contributed by atoms with Gasteiger partial charge < -0.3 is 4.74 Å². The van der Waals surface area contributed by atoms with E-state index in [1.54, 1.807) is 0 Å². The molecule has 2 saturated heterocycles. The van der Waals surface area contributed by atoms with E-state index in [9.17, 15) is 8.42 Å². The molecule has 0 amide bonds. The van der Waals surface area contributed by atoms with Gasteiger partial charge in [0.15, 0.2) is 0 Å². The average molecular weight is 262 g/mol. The number of hydrogen-bond donors (Lipinski definition) is 1. The maximum Gasteiger partial charge on any atom is 0.208 e. The van der Waals surface area contributed by atoms with Crippen molar-refractivity contribution >= 4 is 10.0 Å². The van der Waals surface area contributed by atoms with Gasteiger partial charge in [0.1, 0.15) is 0 Å². The fourth-order valence-corrected chi connectivity index (χ4v) is 3.98. The Bertz CT molecular complexity index is 355. The van der Waals surface area contributed by atoms with Gasteiger partial charge in [0.2, 0.25) is 10.0 Å². The Labute approximate surface area is 104 Å². The summed E-state index contributed by atoms with van der Waals surface area (Å²) < 4.78 is 30.9. The summed E-state index contributed by atoms with van der Waals surface area (Å²) in [6.07, 6.45) is 2.93. The molecule has 2 bridgehead atoms. The summed E-state index contributed by atoms with van der Waals surface area (Å²) in [6, 6.07) is 1.26. The molecule has 2 fully saturated rings. The molecule has 2 rings (SSSR count). The third-order valence-corrected chi connectivity index (χ3v) is 4.32. The summed E-state index contributed by atoms with van der Waals surface area (Å²) >= 11 is 0. The summed E-state index contributed by atoms with van der Waals surface area (Å²) in [5, 5.41) is 0. The zero-order valence-electron chi connectivity index (χ0n) is 10.7. The van der Waals surface area contributed by atoms with Crippen LogP contribution in [0.25, 0.3) is 0 Å². The molecule has 1 unspecified atom stereocenters. The fourth-order valence-electron chi connectivity index (χ4n) is 3.19. The Morgan fingerprint density at radius 1 is 1.24 bits per heavy atom. The van der Waals surface area contributed by atoms with Crippen LogP contribution >= 0.6 is 0 Å². The fraction of sp³-hybridized carbons (Fsp3) is 1.00. The molecule has 1 N–H and O–H groups in total. The number of ether oxygens (including phenoxy) is 1. The van der Waals surface area contributed by atoms with Crippen LogP contribution in [0, 0.1) is 0 Å². The number of sulfonamides is 1. The lowest BCUT2D eigenvalue weighted by Gasteiger charge is -2.50. The van der Waals surface area contributed by atoms with Crippen molar-refractivity contribution in [3.05, 3.63) is 0 Å². The Balaban J connectivity index is 2.06. The van der Waals surface area contributed by atoms with Crippen molar-refractivity contribution in [1.82, 2.24) is 9.62 Å². The minimum Gasteiger partial charge on any atom is -0.378 e. The van der Waals surface area contributed by atoms with Crippen molar-refractivity contribution in [3.63, 3.8) is 0 Å². The zero-order valence-corrected chi connectivity index (χ0v) is 11.5. The van der Waals surface area contributed by atoms with E-state index >= 15 is 0 Å². The number of piperidine rings is 1. The van der Waals surface area contributed by atoms with Crippen molar-refractivity contribution in [3.8, 4) is 0 Å². The van der Waals surface area contributed by atoms with Crippen LogP contribution in [0.4, 0.5) is 0 Å². The molecule has 0 spiro atoms. The number of fused-ring (bicyclic) bond motifs is 2. The lowest BCUT2D eigenvalue weighted by Crippen LogP contribution is -2.62. The molecule has 17 heavy (non-hydrogen) atoms. The van der Waals surface area contributed by atoms with E-state index < -0.39 is 10.0 Å². The number of rotatable bonds is 3. The molecule has 6 heteroatoms. The van der Waals surface area contributed by atoms with Gasteiger partial charge in [-0.1, -0.05) is 0 Å². The molecule has 2 aliphatic rings. The van der Waals surface area contributed by atoms with Crippen LogP contribution in [-0.4, -0.2) is 57.0 Å². The largest absolute Gasteiger partial charge is 0.378 e. The molecule has 0 radical (unpaired) electrons. The monoisotopic (exact) mass is 262 g/mol. The van der Waals surface area contributed by atoms with Gasteiger partial charge in [0.25, 0.3) is 0 Å². The van der Waals surface area contributed by atoms with Crippen LogP contribution in [0.3, 0.4) is 0 Å². The molecule has 2 heterocycles. The molecule has 100 valence electrons. The van der Waals surface area contributed by atoms with Crippen molar-refractivity contribution in [2.45, 2.75) is 50.9 Å².